The Morgan fingerprint density at radius 3 is 2.70 bits per heavy atom. The highest BCUT2D eigenvalue weighted by atomic mass is 16.6. The quantitative estimate of drug-likeness (QED) is 0.490. The number of amides is 1. The first-order valence-corrected chi connectivity index (χ1v) is 10.1. The topological polar surface area (TPSA) is 93.9 Å². The minimum absolute atomic E-state index is 0.0961. The molecule has 1 atom stereocenters. The molecule has 30 heavy (non-hydrogen) atoms. The molecule has 1 unspecified atom stereocenters. The third-order valence-electron chi connectivity index (χ3n) is 5.23. The van der Waals surface area contributed by atoms with Crippen molar-refractivity contribution in [1.29, 1.82) is 0 Å². The molecule has 1 amide bonds. The van der Waals surface area contributed by atoms with E-state index in [0.717, 1.165) is 25.1 Å². The number of non-ortho nitro benzene ring substituents is 1. The van der Waals surface area contributed by atoms with Gasteiger partial charge in [-0.15, -0.1) is 0 Å². The molecule has 1 fully saturated rings. The van der Waals surface area contributed by atoms with E-state index in [2.05, 4.69) is 22.3 Å². The maximum Gasteiger partial charge on any atom is 0.271 e. The molecule has 2 aromatic carbocycles. The molecule has 1 saturated heterocycles. The number of hydrogen-bond donors (Lipinski definition) is 1. The fourth-order valence-corrected chi connectivity index (χ4v) is 3.79. The first-order valence-electron chi connectivity index (χ1n) is 10.1. The van der Waals surface area contributed by atoms with Gasteiger partial charge >= 0.3 is 0 Å². The van der Waals surface area contributed by atoms with E-state index in [1.165, 1.54) is 30.9 Å². The second-order valence-electron chi connectivity index (χ2n) is 7.14. The average Bonchev–Trinajstić information content (AvgIpc) is 3.21. The summed E-state index contributed by atoms with van der Waals surface area (Å²) in [5.41, 5.74) is 1.43. The summed E-state index contributed by atoms with van der Waals surface area (Å²) in [7, 11) is 1.46. The van der Waals surface area contributed by atoms with Gasteiger partial charge in [0.2, 0.25) is 5.91 Å². The molecule has 8 nitrogen and oxygen atoms in total. The molecule has 0 bridgehead atoms. The Kier molecular flexibility index (Phi) is 7.24. The highest BCUT2D eigenvalue weighted by Crippen LogP contribution is 2.33. The predicted octanol–water partition coefficient (Wildman–Crippen LogP) is 4.17. The van der Waals surface area contributed by atoms with Crippen molar-refractivity contribution in [1.82, 2.24) is 4.90 Å². The fraction of sp³-hybridized carbons (Fsp3) is 0.409. The van der Waals surface area contributed by atoms with E-state index < -0.39 is 4.92 Å². The zero-order valence-electron chi connectivity index (χ0n) is 17.3. The largest absolute Gasteiger partial charge is 0.495 e. The maximum atomic E-state index is 12.5. The van der Waals surface area contributed by atoms with Gasteiger partial charge in [0.1, 0.15) is 11.5 Å². The number of rotatable bonds is 9. The number of nitrogens with one attached hydrogen (secondary N) is 1. The van der Waals surface area contributed by atoms with Gasteiger partial charge in [-0.05, 0) is 50.1 Å². The monoisotopic (exact) mass is 413 g/mol. The maximum absolute atomic E-state index is 12.5. The van der Waals surface area contributed by atoms with E-state index in [0.29, 0.717) is 31.0 Å². The minimum Gasteiger partial charge on any atom is -0.495 e. The van der Waals surface area contributed by atoms with Crippen LogP contribution in [0.1, 0.15) is 37.8 Å². The number of methoxy groups -OCH3 is 1. The SMILES string of the molecule is CCOc1ccc(C2CCCN2CCC(=O)Nc2cc([N+](=O)[O-])ccc2OC)cc1. The highest BCUT2D eigenvalue weighted by Gasteiger charge is 2.26. The Morgan fingerprint density at radius 1 is 1.27 bits per heavy atom. The Balaban J connectivity index is 1.60. The van der Waals surface area contributed by atoms with Gasteiger partial charge in [-0.2, -0.15) is 0 Å². The van der Waals surface area contributed by atoms with Crippen molar-refractivity contribution < 1.29 is 19.2 Å². The van der Waals surface area contributed by atoms with Crippen LogP contribution in [0, 0.1) is 10.1 Å². The van der Waals surface area contributed by atoms with E-state index in [4.69, 9.17) is 9.47 Å². The van der Waals surface area contributed by atoms with Crippen LogP contribution in [0.4, 0.5) is 11.4 Å². The molecule has 1 aliphatic rings. The number of anilines is 1. The van der Waals surface area contributed by atoms with Gasteiger partial charge in [-0.25, -0.2) is 0 Å². The van der Waals surface area contributed by atoms with Crippen LogP contribution in [0.3, 0.4) is 0 Å². The number of nitrogens with zero attached hydrogens (tertiary/aromatic N) is 2. The zero-order valence-corrected chi connectivity index (χ0v) is 17.3. The molecule has 0 aliphatic carbocycles. The molecule has 1 aliphatic heterocycles. The molecule has 2 aromatic rings. The summed E-state index contributed by atoms with van der Waals surface area (Å²) in [6.45, 7) is 4.15. The Labute approximate surface area is 175 Å². The molecule has 3 rings (SSSR count). The molecule has 0 radical (unpaired) electrons. The van der Waals surface area contributed by atoms with Crippen molar-refractivity contribution in [2.75, 3.05) is 32.1 Å². The summed E-state index contributed by atoms with van der Waals surface area (Å²) in [5.74, 6) is 1.05. The summed E-state index contributed by atoms with van der Waals surface area (Å²) in [6, 6.07) is 12.6. The lowest BCUT2D eigenvalue weighted by Gasteiger charge is -2.24. The molecule has 1 heterocycles. The molecule has 0 spiro atoms. The Morgan fingerprint density at radius 2 is 2.03 bits per heavy atom. The van der Waals surface area contributed by atoms with E-state index in [1.807, 2.05) is 19.1 Å². The van der Waals surface area contributed by atoms with Crippen LogP contribution < -0.4 is 14.8 Å². The van der Waals surface area contributed by atoms with Gasteiger partial charge < -0.3 is 14.8 Å². The number of carbonyl (C=O) groups is 1. The third-order valence-corrected chi connectivity index (χ3v) is 5.23. The van der Waals surface area contributed by atoms with Gasteiger partial charge in [0.05, 0.1) is 24.3 Å². The summed E-state index contributed by atoms with van der Waals surface area (Å²) < 4.78 is 10.7. The van der Waals surface area contributed by atoms with E-state index in [-0.39, 0.29) is 17.6 Å². The summed E-state index contributed by atoms with van der Waals surface area (Å²) in [4.78, 5) is 25.3. The predicted molar refractivity (Wildman–Crippen MR) is 114 cm³/mol. The van der Waals surface area contributed by atoms with Crippen LogP contribution in [0.5, 0.6) is 11.5 Å². The number of carbonyl (C=O) groups excluding carboxylic acids is 1. The number of likely N-dealkylation sites (tertiary alicyclic amines) is 1. The lowest BCUT2D eigenvalue weighted by molar-refractivity contribution is -0.384. The normalized spacial score (nSPS) is 16.3. The molecular formula is C22H27N3O5. The average molecular weight is 413 g/mol. The van der Waals surface area contributed by atoms with E-state index in [9.17, 15) is 14.9 Å². The highest BCUT2D eigenvalue weighted by molar-refractivity contribution is 5.92. The number of nitro benzene ring substituents is 1. The van der Waals surface area contributed by atoms with Crippen molar-refractivity contribution >= 4 is 17.3 Å². The Hall–Kier alpha value is -3.13. The van der Waals surface area contributed by atoms with Crippen molar-refractivity contribution in [2.45, 2.75) is 32.2 Å². The summed E-state index contributed by atoms with van der Waals surface area (Å²) >= 11 is 0. The lowest BCUT2D eigenvalue weighted by atomic mass is 10.0. The van der Waals surface area contributed by atoms with Gasteiger partial charge in [-0.3, -0.25) is 19.8 Å². The van der Waals surface area contributed by atoms with Crippen LogP contribution in [-0.2, 0) is 4.79 Å². The van der Waals surface area contributed by atoms with Crippen LogP contribution >= 0.6 is 0 Å². The number of nitro groups is 1. The minimum atomic E-state index is -0.499. The van der Waals surface area contributed by atoms with Gasteiger partial charge in [0.25, 0.3) is 5.69 Å². The molecule has 1 N–H and O–H groups in total. The third kappa shape index (κ3) is 5.27. The van der Waals surface area contributed by atoms with Crippen molar-refractivity contribution in [3.05, 3.63) is 58.1 Å². The van der Waals surface area contributed by atoms with Crippen LogP contribution in [-0.4, -0.2) is 42.5 Å². The van der Waals surface area contributed by atoms with E-state index >= 15 is 0 Å². The summed E-state index contributed by atoms with van der Waals surface area (Å²) in [5, 5.41) is 13.7. The van der Waals surface area contributed by atoms with Crippen LogP contribution in [0.25, 0.3) is 0 Å². The summed E-state index contributed by atoms with van der Waals surface area (Å²) in [6.07, 6.45) is 2.42. The second kappa shape index (κ2) is 10.1. The number of ether oxygens (including phenoxy) is 2. The van der Waals surface area contributed by atoms with Gasteiger partial charge in [0, 0.05) is 31.1 Å². The lowest BCUT2D eigenvalue weighted by Crippen LogP contribution is -2.27. The molecule has 160 valence electrons. The van der Waals surface area contributed by atoms with E-state index in [1.54, 1.807) is 0 Å². The number of hydrogen-bond acceptors (Lipinski definition) is 6. The first-order chi connectivity index (χ1) is 14.5. The van der Waals surface area contributed by atoms with Crippen LogP contribution in [0.2, 0.25) is 0 Å². The second-order valence-corrected chi connectivity index (χ2v) is 7.14. The molecule has 8 heteroatoms. The molecular weight excluding hydrogens is 386 g/mol. The van der Waals surface area contributed by atoms with Crippen LogP contribution in [0.15, 0.2) is 42.5 Å². The van der Waals surface area contributed by atoms with Crippen molar-refractivity contribution in [3.8, 4) is 11.5 Å². The zero-order chi connectivity index (χ0) is 21.5. The van der Waals surface area contributed by atoms with Crippen molar-refractivity contribution in [3.63, 3.8) is 0 Å². The van der Waals surface area contributed by atoms with Crippen molar-refractivity contribution in [2.24, 2.45) is 0 Å². The molecule has 0 aromatic heterocycles. The van der Waals surface area contributed by atoms with Gasteiger partial charge in [-0.1, -0.05) is 12.1 Å². The number of benzene rings is 2. The molecule has 0 saturated carbocycles. The van der Waals surface area contributed by atoms with Gasteiger partial charge in [0.15, 0.2) is 0 Å². The smallest absolute Gasteiger partial charge is 0.271 e. The first kappa shape index (κ1) is 21.6. The Bertz CT molecular complexity index is 885. The standard InChI is InChI=1S/C22H27N3O5/c1-3-30-18-9-6-16(7-10-18)20-5-4-13-24(20)14-12-22(26)23-19-15-17(25(27)28)8-11-21(19)29-2/h6-11,15,20H,3-5,12-14H2,1-2H3,(H,23,26). The fourth-order valence-electron chi connectivity index (χ4n) is 3.79.